The van der Waals surface area contributed by atoms with Crippen LogP contribution in [0.3, 0.4) is 0 Å². The fourth-order valence-corrected chi connectivity index (χ4v) is 3.77. The van der Waals surface area contributed by atoms with Gasteiger partial charge in [-0.2, -0.15) is 0 Å². The normalized spacial score (nSPS) is 19.6. The van der Waals surface area contributed by atoms with Crippen LogP contribution < -0.4 is 10.2 Å². The third-order valence-electron chi connectivity index (χ3n) is 5.46. The van der Waals surface area contributed by atoms with Crippen molar-refractivity contribution in [3.05, 3.63) is 53.8 Å². The van der Waals surface area contributed by atoms with Crippen molar-refractivity contribution in [2.75, 3.05) is 56.7 Å². The number of fused-ring (bicyclic) bond motifs is 1. The Hall–Kier alpha value is -2.77. The van der Waals surface area contributed by atoms with E-state index in [2.05, 4.69) is 32.2 Å². The Balaban J connectivity index is 1.37. The molecular formula is C22H25FN4O2. The lowest BCUT2D eigenvalue weighted by Gasteiger charge is -2.36. The van der Waals surface area contributed by atoms with Crippen LogP contribution in [0.15, 0.2) is 47.5 Å². The molecule has 0 radical (unpaired) electrons. The first-order chi connectivity index (χ1) is 14.1. The highest BCUT2D eigenvalue weighted by Gasteiger charge is 2.29. The number of methoxy groups -OCH3 is 1. The first kappa shape index (κ1) is 19.5. The number of piperazine rings is 1. The minimum atomic E-state index is -0.495. The van der Waals surface area contributed by atoms with Crippen LogP contribution in [0.4, 0.5) is 21.5 Å². The van der Waals surface area contributed by atoms with Crippen LogP contribution in [-0.2, 0) is 9.53 Å². The predicted molar refractivity (Wildman–Crippen MR) is 113 cm³/mol. The number of hydrogen-bond donors (Lipinski definition) is 1. The number of carbonyl (C=O) groups is 1. The second-order valence-electron chi connectivity index (χ2n) is 7.31. The third-order valence-corrected chi connectivity index (χ3v) is 5.46. The number of amides is 1. The highest BCUT2D eigenvalue weighted by Crippen LogP contribution is 2.32. The van der Waals surface area contributed by atoms with Crippen molar-refractivity contribution >= 4 is 29.2 Å². The van der Waals surface area contributed by atoms with Crippen molar-refractivity contribution in [2.45, 2.75) is 5.92 Å². The van der Waals surface area contributed by atoms with Crippen LogP contribution in [0.5, 0.6) is 0 Å². The minimum Gasteiger partial charge on any atom is -0.383 e. The largest absolute Gasteiger partial charge is 0.383 e. The topological polar surface area (TPSA) is 57.2 Å². The predicted octanol–water partition coefficient (Wildman–Crippen LogP) is 3.03. The van der Waals surface area contributed by atoms with Gasteiger partial charge < -0.3 is 15.0 Å². The standard InChI is InChI=1S/C22H25FN4O2/c1-29-13-12-26-8-10-27(11-9-26)18-5-3-17(4-6-18)24-15-20-19-7-2-16(23)14-21(19)25-22(20)28/h2-7,14-15,20H,8-13H2,1H3,(H,25,28). The van der Waals surface area contributed by atoms with E-state index in [1.165, 1.54) is 17.8 Å². The molecule has 152 valence electrons. The molecule has 6 nitrogen and oxygen atoms in total. The number of anilines is 2. The van der Waals surface area contributed by atoms with Crippen LogP contribution in [-0.4, -0.2) is 63.5 Å². The molecule has 1 N–H and O–H groups in total. The van der Waals surface area contributed by atoms with Gasteiger partial charge >= 0.3 is 0 Å². The molecule has 1 fully saturated rings. The first-order valence-electron chi connectivity index (χ1n) is 9.85. The molecule has 1 unspecified atom stereocenters. The van der Waals surface area contributed by atoms with Crippen LogP contribution >= 0.6 is 0 Å². The molecule has 1 amide bonds. The molecule has 1 atom stereocenters. The van der Waals surface area contributed by atoms with E-state index in [0.717, 1.165) is 50.6 Å². The molecule has 0 spiro atoms. The molecule has 2 aromatic carbocycles. The second-order valence-corrected chi connectivity index (χ2v) is 7.31. The summed E-state index contributed by atoms with van der Waals surface area (Å²) in [5.41, 5.74) is 3.24. The summed E-state index contributed by atoms with van der Waals surface area (Å²) < 4.78 is 18.5. The van der Waals surface area contributed by atoms with Crippen molar-refractivity contribution in [1.82, 2.24) is 4.90 Å². The Morgan fingerprint density at radius 2 is 1.93 bits per heavy atom. The highest BCUT2D eigenvalue weighted by atomic mass is 19.1. The Labute approximate surface area is 170 Å². The Kier molecular flexibility index (Phi) is 5.87. The minimum absolute atomic E-state index is 0.183. The zero-order valence-electron chi connectivity index (χ0n) is 16.5. The van der Waals surface area contributed by atoms with Gasteiger partial charge in [-0.25, -0.2) is 4.39 Å². The van der Waals surface area contributed by atoms with E-state index < -0.39 is 5.92 Å². The lowest BCUT2D eigenvalue weighted by atomic mass is 10.0. The van der Waals surface area contributed by atoms with E-state index >= 15 is 0 Å². The fourth-order valence-electron chi connectivity index (χ4n) is 3.77. The number of nitrogens with zero attached hydrogens (tertiary/aromatic N) is 3. The molecular weight excluding hydrogens is 371 g/mol. The zero-order valence-corrected chi connectivity index (χ0v) is 16.5. The molecule has 29 heavy (non-hydrogen) atoms. The van der Waals surface area contributed by atoms with E-state index in [-0.39, 0.29) is 11.7 Å². The van der Waals surface area contributed by atoms with Gasteiger partial charge in [0.25, 0.3) is 0 Å². The molecule has 2 heterocycles. The quantitative estimate of drug-likeness (QED) is 0.763. The molecule has 7 heteroatoms. The number of ether oxygens (including phenoxy) is 1. The number of hydrogen-bond acceptors (Lipinski definition) is 5. The van der Waals surface area contributed by atoms with Crippen molar-refractivity contribution in [3.63, 3.8) is 0 Å². The summed E-state index contributed by atoms with van der Waals surface area (Å²) in [6, 6.07) is 12.4. The van der Waals surface area contributed by atoms with Crippen molar-refractivity contribution in [1.29, 1.82) is 0 Å². The summed E-state index contributed by atoms with van der Waals surface area (Å²) in [5, 5.41) is 2.70. The van der Waals surface area contributed by atoms with E-state index in [9.17, 15) is 9.18 Å². The van der Waals surface area contributed by atoms with E-state index in [1.54, 1.807) is 19.4 Å². The first-order valence-corrected chi connectivity index (χ1v) is 9.85. The highest BCUT2D eigenvalue weighted by molar-refractivity contribution is 6.12. The number of carbonyl (C=O) groups excluding carboxylic acids is 1. The number of halogens is 1. The van der Waals surface area contributed by atoms with Gasteiger partial charge in [-0.05, 0) is 42.0 Å². The number of nitrogens with one attached hydrogen (secondary N) is 1. The third kappa shape index (κ3) is 4.46. The van der Waals surface area contributed by atoms with Gasteiger partial charge in [0.2, 0.25) is 5.91 Å². The summed E-state index contributed by atoms with van der Waals surface area (Å²) in [7, 11) is 1.73. The van der Waals surface area contributed by atoms with Crippen LogP contribution in [0, 0.1) is 5.82 Å². The molecule has 0 saturated carbocycles. The fraction of sp³-hybridized carbons (Fsp3) is 0.364. The Bertz CT molecular complexity index is 892. The van der Waals surface area contributed by atoms with Gasteiger partial charge in [-0.1, -0.05) is 6.07 Å². The molecule has 4 rings (SSSR count). The Morgan fingerprint density at radius 3 is 2.66 bits per heavy atom. The molecule has 2 aliphatic heterocycles. The van der Waals surface area contributed by atoms with Crippen LogP contribution in [0.2, 0.25) is 0 Å². The van der Waals surface area contributed by atoms with Crippen LogP contribution in [0.25, 0.3) is 0 Å². The van der Waals surface area contributed by atoms with Crippen molar-refractivity contribution in [3.8, 4) is 0 Å². The maximum atomic E-state index is 13.3. The summed E-state index contributed by atoms with van der Waals surface area (Å²) in [5.74, 6) is -1.04. The number of aliphatic imine (C=N–C) groups is 1. The van der Waals surface area contributed by atoms with E-state index in [4.69, 9.17) is 4.74 Å². The van der Waals surface area contributed by atoms with Crippen LogP contribution in [0.1, 0.15) is 11.5 Å². The van der Waals surface area contributed by atoms with Gasteiger partial charge in [-0.3, -0.25) is 14.7 Å². The van der Waals surface area contributed by atoms with Crippen molar-refractivity contribution < 1.29 is 13.9 Å². The maximum absolute atomic E-state index is 13.3. The second kappa shape index (κ2) is 8.71. The molecule has 2 aliphatic rings. The lowest BCUT2D eigenvalue weighted by molar-refractivity contribution is -0.115. The summed E-state index contributed by atoms with van der Waals surface area (Å²) in [6.45, 7) is 5.78. The SMILES string of the molecule is COCCN1CCN(c2ccc(N=CC3C(=O)Nc4cc(F)ccc43)cc2)CC1. The maximum Gasteiger partial charge on any atom is 0.237 e. The average Bonchev–Trinajstić information content (AvgIpc) is 3.05. The summed E-state index contributed by atoms with van der Waals surface area (Å²) >= 11 is 0. The molecule has 0 bridgehead atoms. The van der Waals surface area contributed by atoms with Gasteiger partial charge in [0.1, 0.15) is 11.7 Å². The average molecular weight is 396 g/mol. The number of rotatable bonds is 6. The van der Waals surface area contributed by atoms with Gasteiger partial charge in [-0.15, -0.1) is 0 Å². The monoisotopic (exact) mass is 396 g/mol. The lowest BCUT2D eigenvalue weighted by Crippen LogP contribution is -2.47. The smallest absolute Gasteiger partial charge is 0.237 e. The zero-order chi connectivity index (χ0) is 20.2. The number of benzene rings is 2. The molecule has 2 aromatic rings. The van der Waals surface area contributed by atoms with Crippen molar-refractivity contribution in [2.24, 2.45) is 4.99 Å². The van der Waals surface area contributed by atoms with Gasteiger partial charge in [0.15, 0.2) is 0 Å². The van der Waals surface area contributed by atoms with E-state index in [1.807, 2.05) is 12.1 Å². The van der Waals surface area contributed by atoms with E-state index in [0.29, 0.717) is 5.69 Å². The molecule has 0 aromatic heterocycles. The molecule has 1 saturated heterocycles. The molecule has 0 aliphatic carbocycles. The summed E-state index contributed by atoms with van der Waals surface area (Å²) in [6.07, 6.45) is 1.63. The van der Waals surface area contributed by atoms with Gasteiger partial charge in [0.05, 0.1) is 12.3 Å². The summed E-state index contributed by atoms with van der Waals surface area (Å²) in [4.78, 5) is 21.4. The van der Waals surface area contributed by atoms with Gasteiger partial charge in [0, 0.05) is 57.4 Å². The Morgan fingerprint density at radius 1 is 1.17 bits per heavy atom.